The predicted octanol–water partition coefficient (Wildman–Crippen LogP) is 0.578. The maximum absolute atomic E-state index is 5.69. The number of rotatable bonds is 6. The van der Waals surface area contributed by atoms with E-state index in [0.29, 0.717) is 13.2 Å². The molecule has 0 bridgehead atoms. The van der Waals surface area contributed by atoms with Crippen LogP contribution in [-0.4, -0.2) is 33.0 Å². The molecule has 19 heavy (non-hydrogen) atoms. The van der Waals surface area contributed by atoms with Gasteiger partial charge in [0.25, 0.3) is 0 Å². The Labute approximate surface area is 119 Å². The lowest BCUT2D eigenvalue weighted by atomic mass is 10.2. The molecule has 7 nitrogen and oxygen atoms in total. The van der Waals surface area contributed by atoms with Gasteiger partial charge in [0, 0.05) is 26.6 Å². The molecule has 0 saturated heterocycles. The van der Waals surface area contributed by atoms with Crippen molar-refractivity contribution in [3.63, 3.8) is 0 Å². The van der Waals surface area contributed by atoms with Crippen molar-refractivity contribution in [1.82, 2.24) is 24.8 Å². The smallest absolute Gasteiger partial charge is 0.133 e. The summed E-state index contributed by atoms with van der Waals surface area (Å²) in [5, 5.41) is 4.32. The first-order valence-corrected chi connectivity index (χ1v) is 6.61. The number of nitrogens with zero attached hydrogens (tertiary/aromatic N) is 4. The van der Waals surface area contributed by atoms with Crippen molar-refractivity contribution in [3.05, 3.63) is 34.6 Å². The molecule has 8 heteroatoms. The molecule has 2 aromatic heterocycles. The van der Waals surface area contributed by atoms with Gasteiger partial charge in [0.2, 0.25) is 0 Å². The summed E-state index contributed by atoms with van der Waals surface area (Å²) in [6.07, 6.45) is 5.37. The molecule has 0 spiro atoms. The van der Waals surface area contributed by atoms with Gasteiger partial charge in [-0.05, 0) is 15.9 Å². The lowest BCUT2D eigenvalue weighted by molar-refractivity contribution is 0.182. The topological polar surface area (TPSA) is 82.9 Å². The van der Waals surface area contributed by atoms with Gasteiger partial charge in [-0.15, -0.1) is 0 Å². The van der Waals surface area contributed by atoms with E-state index >= 15 is 0 Å². The van der Waals surface area contributed by atoms with E-state index < -0.39 is 0 Å². The highest BCUT2D eigenvalue weighted by Gasteiger charge is 2.23. The van der Waals surface area contributed by atoms with E-state index in [-0.39, 0.29) is 6.04 Å². The van der Waals surface area contributed by atoms with Crippen LogP contribution in [-0.2, 0) is 18.3 Å². The Morgan fingerprint density at radius 2 is 2.37 bits per heavy atom. The lowest BCUT2D eigenvalue weighted by Crippen LogP contribution is -2.33. The molecule has 0 radical (unpaired) electrons. The zero-order valence-electron chi connectivity index (χ0n) is 10.9. The van der Waals surface area contributed by atoms with Crippen LogP contribution in [0.15, 0.2) is 23.1 Å². The second kappa shape index (κ2) is 6.29. The summed E-state index contributed by atoms with van der Waals surface area (Å²) in [4.78, 5) is 4.33. The molecule has 3 N–H and O–H groups in total. The summed E-state index contributed by atoms with van der Waals surface area (Å²) in [7, 11) is 3.59. The summed E-state index contributed by atoms with van der Waals surface area (Å²) in [5.41, 5.74) is 3.72. The second-order valence-electron chi connectivity index (χ2n) is 4.09. The van der Waals surface area contributed by atoms with Crippen LogP contribution in [0.3, 0.4) is 0 Å². The highest BCUT2D eigenvalue weighted by atomic mass is 79.9. The van der Waals surface area contributed by atoms with Crippen molar-refractivity contribution in [2.24, 2.45) is 12.9 Å². The zero-order valence-corrected chi connectivity index (χ0v) is 12.5. The number of hydrogen-bond acceptors (Lipinski definition) is 5. The highest BCUT2D eigenvalue weighted by Crippen LogP contribution is 2.27. The van der Waals surface area contributed by atoms with Crippen LogP contribution in [0.5, 0.6) is 0 Å². The predicted molar refractivity (Wildman–Crippen MR) is 74.2 cm³/mol. The molecule has 0 fully saturated rings. The molecule has 2 rings (SSSR count). The van der Waals surface area contributed by atoms with Crippen molar-refractivity contribution < 1.29 is 4.74 Å². The first-order chi connectivity index (χ1) is 9.19. The maximum Gasteiger partial charge on any atom is 0.133 e. The van der Waals surface area contributed by atoms with Crippen LogP contribution in [0.25, 0.3) is 0 Å². The number of nitrogens with two attached hydrogens (primary N) is 1. The van der Waals surface area contributed by atoms with Gasteiger partial charge in [-0.25, -0.2) is 10.4 Å². The van der Waals surface area contributed by atoms with Crippen molar-refractivity contribution >= 4 is 15.9 Å². The average Bonchev–Trinajstić information content (AvgIpc) is 2.97. The number of hydrogen-bond donors (Lipinski definition) is 2. The lowest BCUT2D eigenvalue weighted by Gasteiger charge is -2.18. The van der Waals surface area contributed by atoms with Crippen LogP contribution < -0.4 is 11.3 Å². The molecule has 1 atom stereocenters. The molecule has 0 saturated carbocycles. The fraction of sp³-hybridized carbons (Fsp3) is 0.455. The van der Waals surface area contributed by atoms with Gasteiger partial charge < -0.3 is 9.30 Å². The summed E-state index contributed by atoms with van der Waals surface area (Å²) < 4.78 is 9.75. The van der Waals surface area contributed by atoms with E-state index in [1.54, 1.807) is 19.5 Å². The Bertz CT molecular complexity index is 537. The molecule has 2 aromatic rings. The van der Waals surface area contributed by atoms with Crippen LogP contribution in [0.1, 0.15) is 17.6 Å². The third-order valence-corrected chi connectivity index (χ3v) is 3.51. The Morgan fingerprint density at radius 3 is 2.95 bits per heavy atom. The number of nitrogens with one attached hydrogen (secondary N) is 1. The zero-order chi connectivity index (χ0) is 13.8. The van der Waals surface area contributed by atoms with Gasteiger partial charge in [-0.1, -0.05) is 0 Å². The molecule has 0 aromatic carbocycles. The first-order valence-electron chi connectivity index (χ1n) is 5.82. The van der Waals surface area contributed by atoms with E-state index in [1.807, 2.05) is 22.5 Å². The van der Waals surface area contributed by atoms with E-state index in [9.17, 15) is 0 Å². The SMILES string of the molecule is COCCn1ncc(Br)c1C(NN)c1nccn1C. The fourth-order valence-corrected chi connectivity index (χ4v) is 2.47. The standard InChI is InChI=1S/C11H17BrN6O/c1-17-4-3-14-11(17)9(16-13)10-8(12)7-15-18(10)5-6-19-2/h3-4,7,9,16H,5-6,13H2,1-2H3. The minimum atomic E-state index is -0.242. The third kappa shape index (κ3) is 2.86. The van der Waals surface area contributed by atoms with E-state index in [1.165, 1.54) is 0 Å². The van der Waals surface area contributed by atoms with Crippen molar-refractivity contribution in [2.75, 3.05) is 13.7 Å². The van der Waals surface area contributed by atoms with Crippen molar-refractivity contribution in [1.29, 1.82) is 0 Å². The van der Waals surface area contributed by atoms with Crippen molar-refractivity contribution in [2.45, 2.75) is 12.6 Å². The number of ether oxygens (including phenoxy) is 1. The summed E-state index contributed by atoms with van der Waals surface area (Å²) in [6.45, 7) is 1.24. The number of hydrazine groups is 1. The summed E-state index contributed by atoms with van der Waals surface area (Å²) >= 11 is 3.50. The van der Waals surface area contributed by atoms with Gasteiger partial charge in [0.1, 0.15) is 11.9 Å². The van der Waals surface area contributed by atoms with Crippen LogP contribution in [0.2, 0.25) is 0 Å². The maximum atomic E-state index is 5.69. The fourth-order valence-electron chi connectivity index (χ4n) is 1.95. The van der Waals surface area contributed by atoms with Crippen LogP contribution >= 0.6 is 15.9 Å². The van der Waals surface area contributed by atoms with E-state index in [2.05, 4.69) is 31.4 Å². The molecule has 104 valence electrons. The number of imidazole rings is 1. The van der Waals surface area contributed by atoms with Gasteiger partial charge in [0.15, 0.2) is 0 Å². The molecule has 2 heterocycles. The second-order valence-corrected chi connectivity index (χ2v) is 4.94. The Balaban J connectivity index is 2.38. The Morgan fingerprint density at radius 1 is 1.58 bits per heavy atom. The van der Waals surface area contributed by atoms with Gasteiger partial charge in [-0.2, -0.15) is 5.10 Å². The average molecular weight is 329 g/mol. The quantitative estimate of drug-likeness (QED) is 0.598. The number of aryl methyl sites for hydroxylation is 1. The molecular weight excluding hydrogens is 312 g/mol. The molecule has 0 amide bonds. The molecular formula is C11H17BrN6O. The minimum absolute atomic E-state index is 0.242. The molecule has 0 aliphatic heterocycles. The monoisotopic (exact) mass is 328 g/mol. The number of halogens is 1. The Hall–Kier alpha value is -1.22. The first kappa shape index (κ1) is 14.2. The van der Waals surface area contributed by atoms with Crippen molar-refractivity contribution in [3.8, 4) is 0 Å². The van der Waals surface area contributed by atoms with Crippen LogP contribution in [0.4, 0.5) is 0 Å². The van der Waals surface area contributed by atoms with Gasteiger partial charge in [0.05, 0.1) is 29.5 Å². The van der Waals surface area contributed by atoms with E-state index in [0.717, 1.165) is 16.0 Å². The molecule has 0 aliphatic rings. The van der Waals surface area contributed by atoms with Gasteiger partial charge in [-0.3, -0.25) is 10.5 Å². The third-order valence-electron chi connectivity index (χ3n) is 2.90. The summed E-state index contributed by atoms with van der Waals surface area (Å²) in [5.74, 6) is 6.52. The highest BCUT2D eigenvalue weighted by molar-refractivity contribution is 9.10. The number of aromatic nitrogens is 4. The van der Waals surface area contributed by atoms with E-state index in [4.69, 9.17) is 10.6 Å². The van der Waals surface area contributed by atoms with Gasteiger partial charge >= 0.3 is 0 Å². The normalized spacial score (nSPS) is 12.8. The largest absolute Gasteiger partial charge is 0.383 e. The molecule has 1 unspecified atom stereocenters. The minimum Gasteiger partial charge on any atom is -0.383 e. The summed E-state index contributed by atoms with van der Waals surface area (Å²) in [6, 6.07) is -0.242. The number of methoxy groups -OCH3 is 1. The molecule has 0 aliphatic carbocycles. The van der Waals surface area contributed by atoms with Crippen LogP contribution in [0, 0.1) is 0 Å². The Kier molecular flexibility index (Phi) is 4.70.